The van der Waals surface area contributed by atoms with Crippen LogP contribution in [0.25, 0.3) is 0 Å². The van der Waals surface area contributed by atoms with E-state index in [1.165, 1.54) is 6.42 Å². The average Bonchev–Trinajstić information content (AvgIpc) is 2.28. The quantitative estimate of drug-likeness (QED) is 0.846. The molecule has 0 aliphatic heterocycles. The van der Waals surface area contributed by atoms with Crippen molar-refractivity contribution < 1.29 is 5.11 Å². The Labute approximate surface area is 109 Å². The summed E-state index contributed by atoms with van der Waals surface area (Å²) in [5, 5.41) is 10.4. The van der Waals surface area contributed by atoms with Crippen LogP contribution in [0.3, 0.4) is 0 Å². The Kier molecular flexibility index (Phi) is 3.62. The fourth-order valence-electron chi connectivity index (χ4n) is 3.34. The molecule has 0 aromatic carbocycles. The highest BCUT2D eigenvalue weighted by molar-refractivity contribution is 5.48. The van der Waals surface area contributed by atoms with Crippen molar-refractivity contribution in [3.8, 4) is 0 Å². The first kappa shape index (κ1) is 13.3. The lowest BCUT2D eigenvalue weighted by Gasteiger charge is -2.42. The number of nitrogens with two attached hydrogens (primary N) is 1. The normalized spacial score (nSPS) is 29.2. The fraction of sp³-hybridized carbons (Fsp3) is 0.667. The van der Waals surface area contributed by atoms with Gasteiger partial charge >= 0.3 is 0 Å². The van der Waals surface area contributed by atoms with Gasteiger partial charge in [0.2, 0.25) is 0 Å². The van der Waals surface area contributed by atoms with E-state index >= 15 is 0 Å². The Bertz CT molecular complexity index is 417. The third-order valence-electron chi connectivity index (χ3n) is 4.55. The van der Waals surface area contributed by atoms with E-state index in [1.54, 1.807) is 6.20 Å². The van der Waals surface area contributed by atoms with Crippen molar-refractivity contribution in [2.24, 2.45) is 11.8 Å². The molecule has 3 unspecified atom stereocenters. The molecule has 1 aromatic rings. The van der Waals surface area contributed by atoms with Crippen molar-refractivity contribution in [1.29, 1.82) is 0 Å². The Hall–Kier alpha value is -1.09. The standard InChI is InChI=1S/C15H24N2O/c1-10-4-5-11(14(18)8-10)15(2,3)12-9-17-7-6-13(12)16/h6-7,9-11,14,18H,4-5,8H2,1-3H3,(H2,16,17). The van der Waals surface area contributed by atoms with Gasteiger partial charge in [0.05, 0.1) is 6.10 Å². The summed E-state index contributed by atoms with van der Waals surface area (Å²) in [6, 6.07) is 1.84. The monoisotopic (exact) mass is 248 g/mol. The van der Waals surface area contributed by atoms with E-state index in [0.717, 1.165) is 24.1 Å². The number of nitrogen functional groups attached to an aromatic ring is 1. The third-order valence-corrected chi connectivity index (χ3v) is 4.55. The first-order valence-electron chi connectivity index (χ1n) is 6.81. The second-order valence-electron chi connectivity index (χ2n) is 6.28. The number of aliphatic hydroxyl groups is 1. The van der Waals surface area contributed by atoms with Crippen molar-refractivity contribution in [1.82, 2.24) is 4.98 Å². The number of pyridine rings is 1. The number of anilines is 1. The van der Waals surface area contributed by atoms with Crippen LogP contribution in [0.4, 0.5) is 5.69 Å². The molecule has 0 spiro atoms. The van der Waals surface area contributed by atoms with E-state index in [0.29, 0.717) is 5.92 Å². The number of nitrogens with zero attached hydrogens (tertiary/aromatic N) is 1. The van der Waals surface area contributed by atoms with E-state index in [2.05, 4.69) is 25.8 Å². The summed E-state index contributed by atoms with van der Waals surface area (Å²) in [7, 11) is 0. The van der Waals surface area contributed by atoms with Crippen LogP contribution in [0.1, 0.15) is 45.6 Å². The summed E-state index contributed by atoms with van der Waals surface area (Å²) in [6.45, 7) is 6.55. The lowest BCUT2D eigenvalue weighted by molar-refractivity contribution is 0.0144. The summed E-state index contributed by atoms with van der Waals surface area (Å²) in [4.78, 5) is 4.18. The van der Waals surface area contributed by atoms with E-state index in [4.69, 9.17) is 5.73 Å². The van der Waals surface area contributed by atoms with Crippen LogP contribution < -0.4 is 5.73 Å². The van der Waals surface area contributed by atoms with Crippen molar-refractivity contribution in [2.75, 3.05) is 5.73 Å². The third kappa shape index (κ3) is 2.37. The molecule has 0 amide bonds. The maximum Gasteiger partial charge on any atom is 0.0579 e. The van der Waals surface area contributed by atoms with Crippen LogP contribution in [0.15, 0.2) is 18.5 Å². The molecule has 0 bridgehead atoms. The van der Waals surface area contributed by atoms with Gasteiger partial charge in [0.1, 0.15) is 0 Å². The zero-order chi connectivity index (χ0) is 13.3. The van der Waals surface area contributed by atoms with Crippen molar-refractivity contribution in [3.63, 3.8) is 0 Å². The number of rotatable bonds is 2. The molecule has 1 heterocycles. The maximum atomic E-state index is 10.4. The molecule has 3 nitrogen and oxygen atoms in total. The lowest BCUT2D eigenvalue weighted by Crippen LogP contribution is -2.41. The molecule has 3 atom stereocenters. The van der Waals surface area contributed by atoms with E-state index in [-0.39, 0.29) is 17.4 Å². The molecule has 2 rings (SSSR count). The largest absolute Gasteiger partial charge is 0.398 e. The molecule has 1 aromatic heterocycles. The predicted molar refractivity (Wildman–Crippen MR) is 74.2 cm³/mol. The number of aliphatic hydroxyl groups excluding tert-OH is 1. The van der Waals surface area contributed by atoms with Gasteiger partial charge < -0.3 is 10.8 Å². The Morgan fingerprint density at radius 3 is 2.72 bits per heavy atom. The van der Waals surface area contributed by atoms with Gasteiger partial charge in [-0.3, -0.25) is 4.98 Å². The zero-order valence-corrected chi connectivity index (χ0v) is 11.6. The van der Waals surface area contributed by atoms with Crippen LogP contribution in [0.5, 0.6) is 0 Å². The van der Waals surface area contributed by atoms with Crippen LogP contribution in [0, 0.1) is 11.8 Å². The van der Waals surface area contributed by atoms with Gasteiger partial charge in [-0.2, -0.15) is 0 Å². The molecule has 1 aliphatic carbocycles. The molecule has 1 fully saturated rings. The van der Waals surface area contributed by atoms with Crippen LogP contribution in [0.2, 0.25) is 0 Å². The highest BCUT2D eigenvalue weighted by atomic mass is 16.3. The number of aromatic nitrogens is 1. The minimum atomic E-state index is -0.233. The first-order valence-corrected chi connectivity index (χ1v) is 6.81. The molecule has 3 heteroatoms. The molecule has 0 radical (unpaired) electrons. The Morgan fingerprint density at radius 2 is 2.11 bits per heavy atom. The topological polar surface area (TPSA) is 59.1 Å². The highest BCUT2D eigenvalue weighted by Crippen LogP contribution is 2.43. The Balaban J connectivity index is 2.28. The van der Waals surface area contributed by atoms with Crippen LogP contribution in [-0.4, -0.2) is 16.2 Å². The van der Waals surface area contributed by atoms with Gasteiger partial charge in [0.15, 0.2) is 0 Å². The average molecular weight is 248 g/mol. The van der Waals surface area contributed by atoms with Crippen molar-refractivity contribution >= 4 is 5.69 Å². The molecule has 1 aliphatic rings. The van der Waals surface area contributed by atoms with Gasteiger partial charge in [-0.15, -0.1) is 0 Å². The molecular weight excluding hydrogens is 224 g/mol. The van der Waals surface area contributed by atoms with Crippen molar-refractivity contribution in [3.05, 3.63) is 24.0 Å². The Morgan fingerprint density at radius 1 is 1.39 bits per heavy atom. The summed E-state index contributed by atoms with van der Waals surface area (Å²) >= 11 is 0. The van der Waals surface area contributed by atoms with Gasteiger partial charge in [0, 0.05) is 18.1 Å². The molecular formula is C15H24N2O. The number of hydrogen-bond acceptors (Lipinski definition) is 3. The van der Waals surface area contributed by atoms with E-state index in [1.807, 2.05) is 12.3 Å². The second-order valence-corrected chi connectivity index (χ2v) is 6.28. The van der Waals surface area contributed by atoms with Gasteiger partial charge in [-0.05, 0) is 41.7 Å². The smallest absolute Gasteiger partial charge is 0.0579 e. The van der Waals surface area contributed by atoms with Crippen LogP contribution >= 0.6 is 0 Å². The minimum Gasteiger partial charge on any atom is -0.398 e. The van der Waals surface area contributed by atoms with Crippen molar-refractivity contribution in [2.45, 2.75) is 51.6 Å². The van der Waals surface area contributed by atoms with Gasteiger partial charge in [-0.1, -0.05) is 27.2 Å². The zero-order valence-electron chi connectivity index (χ0n) is 11.6. The lowest BCUT2D eigenvalue weighted by atomic mass is 9.64. The summed E-state index contributed by atoms with van der Waals surface area (Å²) < 4.78 is 0. The molecule has 100 valence electrons. The first-order chi connectivity index (χ1) is 8.43. The highest BCUT2D eigenvalue weighted by Gasteiger charge is 2.40. The maximum absolute atomic E-state index is 10.4. The van der Waals surface area contributed by atoms with E-state index in [9.17, 15) is 5.11 Å². The van der Waals surface area contributed by atoms with Gasteiger partial charge in [-0.25, -0.2) is 0 Å². The SMILES string of the molecule is CC1CCC(C(C)(C)c2cnccc2N)C(O)C1. The molecule has 18 heavy (non-hydrogen) atoms. The van der Waals surface area contributed by atoms with E-state index < -0.39 is 0 Å². The molecule has 0 saturated heterocycles. The van der Waals surface area contributed by atoms with Gasteiger partial charge in [0.25, 0.3) is 0 Å². The second kappa shape index (κ2) is 4.88. The van der Waals surface area contributed by atoms with Crippen LogP contribution in [-0.2, 0) is 5.41 Å². The fourth-order valence-corrected chi connectivity index (χ4v) is 3.34. The number of hydrogen-bond donors (Lipinski definition) is 2. The summed E-state index contributed by atoms with van der Waals surface area (Å²) in [5.74, 6) is 0.887. The summed E-state index contributed by atoms with van der Waals surface area (Å²) in [6.07, 6.45) is 6.47. The minimum absolute atomic E-state index is 0.127. The summed E-state index contributed by atoms with van der Waals surface area (Å²) in [5.41, 5.74) is 7.77. The molecule has 3 N–H and O–H groups in total. The molecule has 1 saturated carbocycles. The predicted octanol–water partition coefficient (Wildman–Crippen LogP) is 2.74.